The van der Waals surface area contributed by atoms with Crippen molar-refractivity contribution < 1.29 is 4.79 Å². The lowest BCUT2D eigenvalue weighted by molar-refractivity contribution is 0.0968. The molecule has 2 aromatic heterocycles. The highest BCUT2D eigenvalue weighted by Gasteiger charge is 2.18. The number of hydrogen-bond donors (Lipinski definition) is 0. The first kappa shape index (κ1) is 13.2. The Morgan fingerprint density at radius 3 is 2.05 bits per heavy atom. The molecule has 0 saturated heterocycles. The van der Waals surface area contributed by atoms with Crippen LogP contribution >= 0.6 is 15.9 Å². The average Bonchev–Trinajstić information content (AvgIpc) is 2.89. The molecule has 4 heteroatoms. The van der Waals surface area contributed by atoms with Gasteiger partial charge in [-0.05, 0) is 40.2 Å². The molecular formula is C18H11BrN2O. The van der Waals surface area contributed by atoms with Gasteiger partial charge in [0.05, 0.1) is 16.6 Å². The molecule has 0 spiro atoms. The van der Waals surface area contributed by atoms with Crippen molar-refractivity contribution in [3.8, 4) is 0 Å². The third kappa shape index (κ3) is 1.88. The van der Waals surface area contributed by atoms with E-state index in [2.05, 4.69) is 20.9 Å². The fraction of sp³-hybridized carbons (Fsp3) is 0. The molecule has 106 valence electrons. The highest BCUT2D eigenvalue weighted by atomic mass is 79.9. The van der Waals surface area contributed by atoms with Crippen LogP contribution in [0.4, 0.5) is 0 Å². The first-order valence-electron chi connectivity index (χ1n) is 6.91. The summed E-state index contributed by atoms with van der Waals surface area (Å²) in [5.74, 6) is -0.0858. The third-order valence-electron chi connectivity index (χ3n) is 3.77. The molecule has 0 saturated carbocycles. The third-order valence-corrected chi connectivity index (χ3v) is 4.40. The second-order valence-electron chi connectivity index (χ2n) is 5.02. The van der Waals surface area contributed by atoms with Crippen LogP contribution in [0.3, 0.4) is 0 Å². The quantitative estimate of drug-likeness (QED) is 0.468. The number of carbonyl (C=O) groups excluding carboxylic acids is 1. The molecule has 0 bridgehead atoms. The van der Waals surface area contributed by atoms with Crippen molar-refractivity contribution in [2.24, 2.45) is 0 Å². The minimum Gasteiger partial charge on any atom is -0.276 e. The van der Waals surface area contributed by atoms with Crippen molar-refractivity contribution in [3.63, 3.8) is 0 Å². The van der Waals surface area contributed by atoms with Crippen LogP contribution in [0.25, 0.3) is 21.8 Å². The van der Waals surface area contributed by atoms with Crippen LogP contribution in [0, 0.1) is 0 Å². The van der Waals surface area contributed by atoms with Crippen molar-refractivity contribution in [3.05, 3.63) is 77.0 Å². The standard InChI is InChI=1S/C18H11BrN2O/c19-17-14(8-5-11-20-17)18(22)21-15-9-3-1-6-12(15)13-7-2-4-10-16(13)21/h1-11H. The van der Waals surface area contributed by atoms with E-state index in [1.165, 1.54) is 0 Å². The smallest absolute Gasteiger partial charge is 0.265 e. The lowest BCUT2D eigenvalue weighted by Crippen LogP contribution is -2.12. The monoisotopic (exact) mass is 350 g/mol. The van der Waals surface area contributed by atoms with Crippen molar-refractivity contribution in [1.29, 1.82) is 0 Å². The maximum absolute atomic E-state index is 13.0. The Bertz CT molecular complexity index is 967. The molecule has 0 amide bonds. The van der Waals surface area contributed by atoms with Gasteiger partial charge < -0.3 is 0 Å². The summed E-state index contributed by atoms with van der Waals surface area (Å²) in [4.78, 5) is 17.2. The normalized spacial score (nSPS) is 11.1. The molecule has 22 heavy (non-hydrogen) atoms. The number of aromatic nitrogens is 2. The van der Waals surface area contributed by atoms with Gasteiger partial charge in [-0.15, -0.1) is 0 Å². The Morgan fingerprint density at radius 2 is 1.45 bits per heavy atom. The van der Waals surface area contributed by atoms with Gasteiger partial charge in [0, 0.05) is 17.0 Å². The summed E-state index contributed by atoms with van der Waals surface area (Å²) in [6.07, 6.45) is 1.66. The SMILES string of the molecule is O=C(c1cccnc1Br)n1c2ccccc2c2ccccc21. The van der Waals surface area contributed by atoms with Gasteiger partial charge in [0.2, 0.25) is 0 Å². The molecule has 0 unspecified atom stereocenters. The molecule has 3 nitrogen and oxygen atoms in total. The maximum Gasteiger partial charge on any atom is 0.265 e. The van der Waals surface area contributed by atoms with Crippen LogP contribution in [-0.4, -0.2) is 15.5 Å². The number of rotatable bonds is 1. The van der Waals surface area contributed by atoms with Gasteiger partial charge in [0.1, 0.15) is 4.60 Å². The van der Waals surface area contributed by atoms with Crippen LogP contribution in [0.15, 0.2) is 71.5 Å². The molecule has 0 radical (unpaired) electrons. The summed E-state index contributed by atoms with van der Waals surface area (Å²) in [5, 5.41) is 2.15. The molecule has 0 N–H and O–H groups in total. The van der Waals surface area contributed by atoms with Gasteiger partial charge in [0.15, 0.2) is 0 Å². The molecule has 0 aliphatic carbocycles. The second-order valence-corrected chi connectivity index (χ2v) is 5.77. The van der Waals surface area contributed by atoms with Gasteiger partial charge in [-0.1, -0.05) is 36.4 Å². The van der Waals surface area contributed by atoms with Gasteiger partial charge in [-0.25, -0.2) is 4.98 Å². The van der Waals surface area contributed by atoms with Crippen molar-refractivity contribution >= 4 is 43.6 Å². The Morgan fingerprint density at radius 1 is 0.864 bits per heavy atom. The number of fused-ring (bicyclic) bond motifs is 3. The summed E-state index contributed by atoms with van der Waals surface area (Å²) in [6.45, 7) is 0. The number of hydrogen-bond acceptors (Lipinski definition) is 2. The van der Waals surface area contributed by atoms with E-state index in [-0.39, 0.29) is 5.91 Å². The zero-order valence-corrected chi connectivity index (χ0v) is 13.1. The van der Waals surface area contributed by atoms with E-state index in [0.29, 0.717) is 10.2 Å². The number of benzene rings is 2. The van der Waals surface area contributed by atoms with E-state index in [0.717, 1.165) is 21.8 Å². The molecule has 0 aliphatic rings. The van der Waals surface area contributed by atoms with E-state index in [1.807, 2.05) is 48.5 Å². The lowest BCUT2D eigenvalue weighted by atomic mass is 10.2. The first-order valence-corrected chi connectivity index (χ1v) is 7.70. The zero-order chi connectivity index (χ0) is 15.1. The number of nitrogens with zero attached hydrogens (tertiary/aromatic N) is 2. The first-order chi connectivity index (χ1) is 10.8. The number of para-hydroxylation sites is 2. The fourth-order valence-electron chi connectivity index (χ4n) is 2.81. The minimum absolute atomic E-state index is 0.0858. The number of carbonyl (C=O) groups is 1. The Kier molecular flexibility index (Phi) is 3.05. The predicted molar refractivity (Wildman–Crippen MR) is 91.1 cm³/mol. The van der Waals surface area contributed by atoms with E-state index in [9.17, 15) is 4.79 Å². The average molecular weight is 351 g/mol. The van der Waals surface area contributed by atoms with Crippen LogP contribution in [0.5, 0.6) is 0 Å². The molecule has 2 heterocycles. The van der Waals surface area contributed by atoms with Crippen LogP contribution in [-0.2, 0) is 0 Å². The van der Waals surface area contributed by atoms with Gasteiger partial charge in [-0.2, -0.15) is 0 Å². The highest BCUT2D eigenvalue weighted by molar-refractivity contribution is 9.10. The van der Waals surface area contributed by atoms with Gasteiger partial charge in [0.25, 0.3) is 5.91 Å². The lowest BCUT2D eigenvalue weighted by Gasteiger charge is -2.07. The summed E-state index contributed by atoms with van der Waals surface area (Å²) in [7, 11) is 0. The fourth-order valence-corrected chi connectivity index (χ4v) is 3.23. The molecular weight excluding hydrogens is 340 g/mol. The Labute approximate surface area is 135 Å². The summed E-state index contributed by atoms with van der Waals surface area (Å²) >= 11 is 3.37. The topological polar surface area (TPSA) is 34.9 Å². The largest absolute Gasteiger partial charge is 0.276 e. The van der Waals surface area contributed by atoms with E-state index >= 15 is 0 Å². The van der Waals surface area contributed by atoms with E-state index in [1.54, 1.807) is 22.9 Å². The summed E-state index contributed by atoms with van der Waals surface area (Å²) in [6, 6.07) is 19.4. The van der Waals surface area contributed by atoms with Crippen molar-refractivity contribution in [2.75, 3.05) is 0 Å². The summed E-state index contributed by atoms with van der Waals surface area (Å²) < 4.78 is 2.31. The number of halogens is 1. The van der Waals surface area contributed by atoms with Crippen LogP contribution < -0.4 is 0 Å². The van der Waals surface area contributed by atoms with Crippen LogP contribution in [0.2, 0.25) is 0 Å². The molecule has 0 aliphatic heterocycles. The zero-order valence-electron chi connectivity index (χ0n) is 11.5. The molecule has 0 fully saturated rings. The molecule has 0 atom stereocenters. The predicted octanol–water partition coefficient (Wildman–Crippen LogP) is 4.64. The molecule has 2 aromatic carbocycles. The Hall–Kier alpha value is -2.46. The van der Waals surface area contributed by atoms with Gasteiger partial charge in [-0.3, -0.25) is 9.36 Å². The van der Waals surface area contributed by atoms with E-state index < -0.39 is 0 Å². The Balaban J connectivity index is 2.09. The number of pyridine rings is 1. The summed E-state index contributed by atoms with van der Waals surface area (Å²) in [5.41, 5.74) is 2.36. The van der Waals surface area contributed by atoms with Crippen molar-refractivity contribution in [1.82, 2.24) is 9.55 Å². The van der Waals surface area contributed by atoms with Gasteiger partial charge >= 0.3 is 0 Å². The minimum atomic E-state index is -0.0858. The molecule has 4 aromatic rings. The molecule has 4 rings (SSSR count). The van der Waals surface area contributed by atoms with E-state index in [4.69, 9.17) is 0 Å². The van der Waals surface area contributed by atoms with Crippen molar-refractivity contribution in [2.45, 2.75) is 0 Å². The van der Waals surface area contributed by atoms with Crippen LogP contribution in [0.1, 0.15) is 10.4 Å². The second kappa shape index (κ2) is 5.07. The highest BCUT2D eigenvalue weighted by Crippen LogP contribution is 2.30. The maximum atomic E-state index is 13.0.